The summed E-state index contributed by atoms with van der Waals surface area (Å²) in [5.74, 6) is 4.76. The third kappa shape index (κ3) is 4.75. The van der Waals surface area contributed by atoms with Gasteiger partial charge in [-0.1, -0.05) is 17.9 Å². The van der Waals surface area contributed by atoms with E-state index in [2.05, 4.69) is 21.9 Å². The monoisotopic (exact) mass is 275 g/mol. The summed E-state index contributed by atoms with van der Waals surface area (Å²) < 4.78 is 4.54. The number of aliphatic hydroxyl groups is 1. The van der Waals surface area contributed by atoms with Gasteiger partial charge in [-0.2, -0.15) is 0 Å². The number of aliphatic hydroxyl groups excluding tert-OH is 1. The van der Waals surface area contributed by atoms with Crippen LogP contribution in [0, 0.1) is 11.8 Å². The van der Waals surface area contributed by atoms with Crippen LogP contribution in [0.15, 0.2) is 24.3 Å². The zero-order valence-corrected chi connectivity index (χ0v) is 11.5. The fraction of sp³-hybridized carbons (Fsp3) is 0.333. The average Bonchev–Trinajstić information content (AvgIpc) is 2.46. The van der Waals surface area contributed by atoms with Crippen molar-refractivity contribution >= 4 is 11.9 Å². The van der Waals surface area contributed by atoms with Crippen molar-refractivity contribution in [1.82, 2.24) is 5.32 Å². The zero-order valence-electron chi connectivity index (χ0n) is 11.5. The third-order valence-electron chi connectivity index (χ3n) is 2.50. The molecule has 0 saturated heterocycles. The van der Waals surface area contributed by atoms with Gasteiger partial charge in [0.25, 0.3) is 5.91 Å². The quantitative estimate of drug-likeness (QED) is 0.627. The van der Waals surface area contributed by atoms with Gasteiger partial charge >= 0.3 is 5.97 Å². The SMILES string of the molecule is COC(=O)C(C)NC(=O)c1cccc(C#CCCO)c1. The molecule has 0 fully saturated rings. The first kappa shape index (κ1) is 15.7. The molecule has 0 aliphatic rings. The molecule has 0 aliphatic carbocycles. The zero-order chi connectivity index (χ0) is 15.0. The maximum absolute atomic E-state index is 12.0. The molecule has 0 aromatic heterocycles. The highest BCUT2D eigenvalue weighted by Crippen LogP contribution is 2.05. The van der Waals surface area contributed by atoms with E-state index in [4.69, 9.17) is 5.11 Å². The number of carbonyl (C=O) groups is 2. The maximum atomic E-state index is 12.0. The van der Waals surface area contributed by atoms with Crippen LogP contribution < -0.4 is 5.32 Å². The summed E-state index contributed by atoms with van der Waals surface area (Å²) in [7, 11) is 1.27. The van der Waals surface area contributed by atoms with Crippen LogP contribution in [0.1, 0.15) is 29.3 Å². The molecule has 0 aliphatic heterocycles. The third-order valence-corrected chi connectivity index (χ3v) is 2.50. The Kier molecular flexibility index (Phi) is 6.27. The lowest BCUT2D eigenvalue weighted by Gasteiger charge is -2.11. The molecular formula is C15H17NO4. The molecule has 1 aromatic carbocycles. The smallest absolute Gasteiger partial charge is 0.328 e. The van der Waals surface area contributed by atoms with Crippen molar-refractivity contribution in [3.8, 4) is 11.8 Å². The van der Waals surface area contributed by atoms with Crippen LogP contribution in [-0.2, 0) is 9.53 Å². The first-order valence-electron chi connectivity index (χ1n) is 6.17. The number of hydrogen-bond donors (Lipinski definition) is 2. The van der Waals surface area contributed by atoms with Crippen molar-refractivity contribution in [3.63, 3.8) is 0 Å². The standard InChI is InChI=1S/C15H17NO4/c1-11(15(19)20-2)16-14(18)13-8-5-7-12(10-13)6-3-4-9-17/h5,7-8,10-11,17H,4,9H2,1-2H3,(H,16,18). The second-order valence-electron chi connectivity index (χ2n) is 4.07. The molecular weight excluding hydrogens is 258 g/mol. The number of carbonyl (C=O) groups excluding carboxylic acids is 2. The summed E-state index contributed by atoms with van der Waals surface area (Å²) in [4.78, 5) is 23.2. The van der Waals surface area contributed by atoms with Crippen LogP contribution in [0.25, 0.3) is 0 Å². The molecule has 0 heterocycles. The Morgan fingerprint density at radius 3 is 2.85 bits per heavy atom. The van der Waals surface area contributed by atoms with Gasteiger partial charge < -0.3 is 15.2 Å². The van der Waals surface area contributed by atoms with E-state index in [0.29, 0.717) is 17.5 Å². The van der Waals surface area contributed by atoms with E-state index in [1.165, 1.54) is 7.11 Å². The van der Waals surface area contributed by atoms with E-state index in [0.717, 1.165) is 0 Å². The fourth-order valence-electron chi connectivity index (χ4n) is 1.47. The molecule has 0 radical (unpaired) electrons. The van der Waals surface area contributed by atoms with E-state index in [-0.39, 0.29) is 12.5 Å². The van der Waals surface area contributed by atoms with Crippen LogP contribution in [-0.4, -0.2) is 36.7 Å². The Hall–Kier alpha value is -2.32. The van der Waals surface area contributed by atoms with Gasteiger partial charge in [0.2, 0.25) is 0 Å². The van der Waals surface area contributed by atoms with Gasteiger partial charge in [0.05, 0.1) is 13.7 Å². The van der Waals surface area contributed by atoms with Gasteiger partial charge in [-0.15, -0.1) is 0 Å². The molecule has 1 unspecified atom stereocenters. The minimum atomic E-state index is -0.711. The second-order valence-corrected chi connectivity index (χ2v) is 4.07. The minimum Gasteiger partial charge on any atom is -0.467 e. The number of esters is 1. The molecule has 2 N–H and O–H groups in total. The van der Waals surface area contributed by atoms with E-state index >= 15 is 0 Å². The lowest BCUT2D eigenvalue weighted by Crippen LogP contribution is -2.39. The summed E-state index contributed by atoms with van der Waals surface area (Å²) in [6.07, 6.45) is 0.385. The van der Waals surface area contributed by atoms with Gasteiger partial charge in [0, 0.05) is 17.5 Å². The van der Waals surface area contributed by atoms with Crippen molar-refractivity contribution in [1.29, 1.82) is 0 Å². The Labute approximate surface area is 117 Å². The van der Waals surface area contributed by atoms with Crippen molar-refractivity contribution in [3.05, 3.63) is 35.4 Å². The molecule has 5 nitrogen and oxygen atoms in total. The number of nitrogens with one attached hydrogen (secondary N) is 1. The van der Waals surface area contributed by atoms with Crippen LogP contribution in [0.4, 0.5) is 0 Å². The first-order valence-corrected chi connectivity index (χ1v) is 6.17. The number of amides is 1. The molecule has 1 aromatic rings. The highest BCUT2D eigenvalue weighted by atomic mass is 16.5. The van der Waals surface area contributed by atoms with E-state index < -0.39 is 12.0 Å². The van der Waals surface area contributed by atoms with E-state index in [1.54, 1.807) is 31.2 Å². The number of benzene rings is 1. The molecule has 5 heteroatoms. The van der Waals surface area contributed by atoms with Crippen molar-refractivity contribution in [2.45, 2.75) is 19.4 Å². The highest BCUT2D eigenvalue weighted by molar-refractivity contribution is 5.96. The van der Waals surface area contributed by atoms with E-state index in [9.17, 15) is 9.59 Å². The average molecular weight is 275 g/mol. The Bertz CT molecular complexity index is 542. The van der Waals surface area contributed by atoms with Crippen LogP contribution in [0.3, 0.4) is 0 Å². The minimum absolute atomic E-state index is 0.00379. The topological polar surface area (TPSA) is 75.6 Å². The lowest BCUT2D eigenvalue weighted by molar-refractivity contribution is -0.142. The van der Waals surface area contributed by atoms with Gasteiger partial charge in [0.15, 0.2) is 0 Å². The normalized spacial score (nSPS) is 10.9. The summed E-state index contributed by atoms with van der Waals surface area (Å²) in [5, 5.41) is 11.2. The Morgan fingerprint density at radius 2 is 2.20 bits per heavy atom. The van der Waals surface area contributed by atoms with Crippen molar-refractivity contribution in [2.75, 3.05) is 13.7 Å². The molecule has 0 bridgehead atoms. The summed E-state index contributed by atoms with van der Waals surface area (Å²) >= 11 is 0. The van der Waals surface area contributed by atoms with Gasteiger partial charge in [0.1, 0.15) is 6.04 Å². The summed E-state index contributed by atoms with van der Waals surface area (Å²) in [6.45, 7) is 1.55. The molecule has 1 amide bonds. The molecule has 0 spiro atoms. The van der Waals surface area contributed by atoms with E-state index in [1.807, 2.05) is 0 Å². The highest BCUT2D eigenvalue weighted by Gasteiger charge is 2.16. The molecule has 1 atom stereocenters. The van der Waals surface area contributed by atoms with Gasteiger partial charge in [-0.05, 0) is 25.1 Å². The van der Waals surface area contributed by atoms with Crippen molar-refractivity contribution < 1.29 is 19.4 Å². The molecule has 20 heavy (non-hydrogen) atoms. The first-order chi connectivity index (χ1) is 9.58. The number of hydrogen-bond acceptors (Lipinski definition) is 4. The second kappa shape index (κ2) is 7.97. The van der Waals surface area contributed by atoms with Crippen LogP contribution in [0.2, 0.25) is 0 Å². The maximum Gasteiger partial charge on any atom is 0.328 e. The lowest BCUT2D eigenvalue weighted by atomic mass is 10.1. The van der Waals surface area contributed by atoms with Crippen LogP contribution >= 0.6 is 0 Å². The number of ether oxygens (including phenoxy) is 1. The molecule has 106 valence electrons. The van der Waals surface area contributed by atoms with Crippen molar-refractivity contribution in [2.24, 2.45) is 0 Å². The Morgan fingerprint density at radius 1 is 1.45 bits per heavy atom. The Balaban J connectivity index is 2.77. The largest absolute Gasteiger partial charge is 0.467 e. The number of methoxy groups -OCH3 is 1. The molecule has 0 saturated carbocycles. The fourth-order valence-corrected chi connectivity index (χ4v) is 1.47. The van der Waals surface area contributed by atoms with Gasteiger partial charge in [-0.25, -0.2) is 4.79 Å². The summed E-state index contributed by atoms with van der Waals surface area (Å²) in [5.41, 5.74) is 1.09. The number of rotatable bonds is 4. The summed E-state index contributed by atoms with van der Waals surface area (Å²) in [6, 6.07) is 6.03. The predicted octanol–water partition coefficient (Wildman–Crippen LogP) is 0.712. The van der Waals surface area contributed by atoms with Crippen LogP contribution in [0.5, 0.6) is 0 Å². The molecule has 1 rings (SSSR count). The van der Waals surface area contributed by atoms with Gasteiger partial charge in [-0.3, -0.25) is 4.79 Å². The predicted molar refractivity (Wildman–Crippen MR) is 74.0 cm³/mol.